The standard InChI is InChI=1S/C20H19N3O3S/c1-23-8-7-21-20(23)27-12-15-3-2-4-16(9-15)19(24)22-11-14-5-6-17-18(10-14)26-13-25-17/h2-10H,11-13H2,1H3,(H,22,24). The summed E-state index contributed by atoms with van der Waals surface area (Å²) in [4.78, 5) is 16.8. The normalized spacial score (nSPS) is 12.2. The average molecular weight is 381 g/mol. The Hall–Kier alpha value is -2.93. The average Bonchev–Trinajstić information content (AvgIpc) is 3.32. The summed E-state index contributed by atoms with van der Waals surface area (Å²) in [6, 6.07) is 13.3. The predicted octanol–water partition coefficient (Wildman–Crippen LogP) is 3.37. The van der Waals surface area contributed by atoms with E-state index in [0.717, 1.165) is 33.5 Å². The molecule has 3 aromatic rings. The molecule has 138 valence electrons. The summed E-state index contributed by atoms with van der Waals surface area (Å²) in [6.07, 6.45) is 3.70. The number of hydrogen-bond acceptors (Lipinski definition) is 5. The van der Waals surface area contributed by atoms with Crippen LogP contribution in [0.3, 0.4) is 0 Å². The van der Waals surface area contributed by atoms with Gasteiger partial charge in [-0.05, 0) is 35.4 Å². The van der Waals surface area contributed by atoms with Gasteiger partial charge in [0.15, 0.2) is 16.7 Å². The molecule has 0 aliphatic carbocycles. The molecule has 27 heavy (non-hydrogen) atoms. The Kier molecular flexibility index (Phi) is 5.02. The highest BCUT2D eigenvalue weighted by Gasteiger charge is 2.14. The molecule has 0 unspecified atom stereocenters. The maximum atomic E-state index is 12.5. The first kappa shape index (κ1) is 17.5. The summed E-state index contributed by atoms with van der Waals surface area (Å²) >= 11 is 1.64. The van der Waals surface area contributed by atoms with E-state index in [4.69, 9.17) is 9.47 Å². The second-order valence-corrected chi connectivity index (χ2v) is 7.12. The number of aryl methyl sites for hydroxylation is 1. The third-order valence-electron chi connectivity index (χ3n) is 4.22. The topological polar surface area (TPSA) is 65.4 Å². The molecule has 0 fully saturated rings. The summed E-state index contributed by atoms with van der Waals surface area (Å²) < 4.78 is 12.6. The van der Waals surface area contributed by atoms with E-state index in [2.05, 4.69) is 10.3 Å². The second kappa shape index (κ2) is 7.75. The molecule has 0 saturated heterocycles. The number of fused-ring (bicyclic) bond motifs is 1. The Balaban J connectivity index is 1.36. The molecule has 0 atom stereocenters. The zero-order chi connectivity index (χ0) is 18.6. The maximum Gasteiger partial charge on any atom is 0.251 e. The fourth-order valence-electron chi connectivity index (χ4n) is 2.78. The third-order valence-corrected chi connectivity index (χ3v) is 5.35. The fraction of sp³-hybridized carbons (Fsp3) is 0.200. The lowest BCUT2D eigenvalue weighted by molar-refractivity contribution is 0.0950. The van der Waals surface area contributed by atoms with Gasteiger partial charge in [-0.25, -0.2) is 4.98 Å². The molecule has 0 spiro atoms. The highest BCUT2D eigenvalue weighted by Crippen LogP contribution is 2.32. The van der Waals surface area contributed by atoms with Crippen LogP contribution in [0.5, 0.6) is 11.5 Å². The maximum absolute atomic E-state index is 12.5. The molecule has 0 saturated carbocycles. The van der Waals surface area contributed by atoms with E-state index < -0.39 is 0 Å². The molecule has 0 bridgehead atoms. The van der Waals surface area contributed by atoms with Crippen molar-refractivity contribution < 1.29 is 14.3 Å². The highest BCUT2D eigenvalue weighted by molar-refractivity contribution is 7.98. The van der Waals surface area contributed by atoms with Crippen molar-refractivity contribution in [3.05, 3.63) is 71.5 Å². The number of rotatable bonds is 6. The summed E-state index contributed by atoms with van der Waals surface area (Å²) in [6.45, 7) is 0.677. The molecule has 2 heterocycles. The first-order valence-corrected chi connectivity index (χ1v) is 9.53. The number of ether oxygens (including phenoxy) is 2. The van der Waals surface area contributed by atoms with E-state index in [9.17, 15) is 4.79 Å². The van der Waals surface area contributed by atoms with Crippen molar-refractivity contribution in [2.45, 2.75) is 17.5 Å². The number of hydrogen-bond donors (Lipinski definition) is 1. The van der Waals surface area contributed by atoms with Crippen LogP contribution in [0, 0.1) is 0 Å². The molecule has 4 rings (SSSR count). The van der Waals surface area contributed by atoms with Crippen LogP contribution >= 0.6 is 11.8 Å². The molecular weight excluding hydrogens is 362 g/mol. The number of nitrogens with zero attached hydrogens (tertiary/aromatic N) is 2. The lowest BCUT2D eigenvalue weighted by atomic mass is 10.1. The Bertz CT molecular complexity index is 971. The molecule has 7 heteroatoms. The molecule has 2 aromatic carbocycles. The van der Waals surface area contributed by atoms with Gasteiger partial charge in [-0.2, -0.15) is 0 Å². The quantitative estimate of drug-likeness (QED) is 0.663. The Morgan fingerprint density at radius 2 is 2.07 bits per heavy atom. The van der Waals surface area contributed by atoms with Crippen molar-refractivity contribution in [1.29, 1.82) is 0 Å². The molecule has 1 aliphatic rings. The zero-order valence-electron chi connectivity index (χ0n) is 14.8. The van der Waals surface area contributed by atoms with Gasteiger partial charge >= 0.3 is 0 Å². The predicted molar refractivity (Wildman–Crippen MR) is 103 cm³/mol. The second-order valence-electron chi connectivity index (χ2n) is 6.18. The molecule has 1 aliphatic heterocycles. The van der Waals surface area contributed by atoms with E-state index in [1.165, 1.54) is 0 Å². The largest absolute Gasteiger partial charge is 0.454 e. The van der Waals surface area contributed by atoms with Crippen molar-refractivity contribution in [2.24, 2.45) is 7.05 Å². The summed E-state index contributed by atoms with van der Waals surface area (Å²) in [5.41, 5.74) is 2.70. The summed E-state index contributed by atoms with van der Waals surface area (Å²) in [5, 5.41) is 3.91. The number of aromatic nitrogens is 2. The van der Waals surface area contributed by atoms with E-state index in [1.54, 1.807) is 18.0 Å². The van der Waals surface area contributed by atoms with Crippen molar-refractivity contribution in [1.82, 2.24) is 14.9 Å². The number of amides is 1. The van der Waals surface area contributed by atoms with Crippen LogP contribution in [0.25, 0.3) is 0 Å². The number of benzene rings is 2. The highest BCUT2D eigenvalue weighted by atomic mass is 32.2. The smallest absolute Gasteiger partial charge is 0.251 e. The van der Waals surface area contributed by atoms with Gasteiger partial charge in [-0.1, -0.05) is 30.0 Å². The van der Waals surface area contributed by atoms with Gasteiger partial charge in [0.2, 0.25) is 6.79 Å². The third kappa shape index (κ3) is 4.09. The van der Waals surface area contributed by atoms with Crippen LogP contribution in [0.4, 0.5) is 0 Å². The van der Waals surface area contributed by atoms with Gasteiger partial charge < -0.3 is 19.4 Å². The first-order valence-electron chi connectivity index (χ1n) is 8.55. The van der Waals surface area contributed by atoms with Gasteiger partial charge in [0, 0.05) is 37.3 Å². The molecule has 1 N–H and O–H groups in total. The number of carbonyl (C=O) groups excluding carboxylic acids is 1. The number of thioether (sulfide) groups is 1. The number of carbonyl (C=O) groups is 1. The fourth-order valence-corrected chi connectivity index (χ4v) is 3.65. The minimum absolute atomic E-state index is 0.100. The van der Waals surface area contributed by atoms with Crippen molar-refractivity contribution in [3.63, 3.8) is 0 Å². The number of imidazole rings is 1. The lowest BCUT2D eigenvalue weighted by Crippen LogP contribution is -2.22. The summed E-state index contributed by atoms with van der Waals surface area (Å²) in [5.74, 6) is 2.11. The van der Waals surface area contributed by atoms with Gasteiger partial charge in [0.05, 0.1) is 0 Å². The van der Waals surface area contributed by atoms with Gasteiger partial charge in [-0.15, -0.1) is 0 Å². The van der Waals surface area contributed by atoms with Crippen LogP contribution in [0.2, 0.25) is 0 Å². The molecule has 1 aromatic heterocycles. The number of nitrogens with one attached hydrogen (secondary N) is 1. The van der Waals surface area contributed by atoms with Crippen molar-refractivity contribution in [2.75, 3.05) is 6.79 Å². The van der Waals surface area contributed by atoms with Gasteiger partial charge in [0.25, 0.3) is 5.91 Å². The minimum atomic E-state index is -0.100. The molecular formula is C20H19N3O3S. The lowest BCUT2D eigenvalue weighted by Gasteiger charge is -2.08. The van der Waals surface area contributed by atoms with Crippen LogP contribution in [-0.4, -0.2) is 22.3 Å². The first-order chi connectivity index (χ1) is 13.2. The van der Waals surface area contributed by atoms with E-state index >= 15 is 0 Å². The summed E-state index contributed by atoms with van der Waals surface area (Å²) in [7, 11) is 1.97. The van der Waals surface area contributed by atoms with E-state index in [0.29, 0.717) is 12.1 Å². The Morgan fingerprint density at radius 1 is 1.19 bits per heavy atom. The van der Waals surface area contributed by atoms with Gasteiger partial charge in [-0.3, -0.25) is 4.79 Å². The Morgan fingerprint density at radius 3 is 2.93 bits per heavy atom. The Labute approximate surface area is 161 Å². The zero-order valence-corrected chi connectivity index (χ0v) is 15.7. The van der Waals surface area contributed by atoms with E-state index in [-0.39, 0.29) is 12.7 Å². The monoisotopic (exact) mass is 381 g/mol. The van der Waals surface area contributed by atoms with Crippen LogP contribution in [0.1, 0.15) is 21.5 Å². The van der Waals surface area contributed by atoms with Crippen molar-refractivity contribution in [3.8, 4) is 11.5 Å². The molecule has 1 amide bonds. The van der Waals surface area contributed by atoms with Crippen LogP contribution in [0.15, 0.2) is 60.0 Å². The van der Waals surface area contributed by atoms with Crippen LogP contribution < -0.4 is 14.8 Å². The van der Waals surface area contributed by atoms with E-state index in [1.807, 2.05) is 60.3 Å². The van der Waals surface area contributed by atoms with Gasteiger partial charge in [0.1, 0.15) is 0 Å². The minimum Gasteiger partial charge on any atom is -0.454 e. The van der Waals surface area contributed by atoms with Crippen molar-refractivity contribution >= 4 is 17.7 Å². The van der Waals surface area contributed by atoms with Crippen LogP contribution in [-0.2, 0) is 19.3 Å². The molecule has 6 nitrogen and oxygen atoms in total. The molecule has 0 radical (unpaired) electrons. The SMILES string of the molecule is Cn1ccnc1SCc1cccc(C(=O)NCc2ccc3c(c2)OCO3)c1.